The zero-order valence-corrected chi connectivity index (χ0v) is 13.6. The Morgan fingerprint density at radius 2 is 1.79 bits per heavy atom. The van der Waals surface area contributed by atoms with Crippen molar-refractivity contribution in [2.24, 2.45) is 0 Å². The van der Waals surface area contributed by atoms with Crippen LogP contribution in [0, 0.1) is 0 Å². The maximum atomic E-state index is 12.3. The van der Waals surface area contributed by atoms with Gasteiger partial charge in [-0.05, 0) is 37.4 Å². The molecule has 0 atom stereocenters. The smallest absolute Gasteiger partial charge is 0.263 e. The summed E-state index contributed by atoms with van der Waals surface area (Å²) in [6, 6.07) is 9.10. The molecule has 0 saturated carbocycles. The number of nitrogens with zero attached hydrogens (tertiary/aromatic N) is 2. The van der Waals surface area contributed by atoms with Gasteiger partial charge in [0.05, 0.1) is 5.69 Å². The number of benzene rings is 1. The van der Waals surface area contributed by atoms with Crippen LogP contribution in [-0.4, -0.2) is 49.0 Å². The van der Waals surface area contributed by atoms with E-state index in [9.17, 15) is 9.59 Å². The van der Waals surface area contributed by atoms with E-state index >= 15 is 0 Å². The van der Waals surface area contributed by atoms with E-state index in [0.717, 1.165) is 31.9 Å². The Morgan fingerprint density at radius 3 is 2.42 bits per heavy atom. The van der Waals surface area contributed by atoms with Crippen molar-refractivity contribution in [3.8, 4) is 0 Å². The van der Waals surface area contributed by atoms with E-state index in [1.807, 2.05) is 24.3 Å². The molecule has 4 N–H and O–H groups in total. The summed E-state index contributed by atoms with van der Waals surface area (Å²) < 4.78 is 0. The molecule has 1 amide bonds. The first-order chi connectivity index (χ1) is 11.5. The van der Waals surface area contributed by atoms with Gasteiger partial charge < -0.3 is 25.8 Å². The van der Waals surface area contributed by atoms with E-state index in [1.54, 1.807) is 0 Å². The van der Waals surface area contributed by atoms with Crippen molar-refractivity contribution < 1.29 is 4.79 Å². The third-order valence-corrected chi connectivity index (χ3v) is 4.21. The van der Waals surface area contributed by atoms with Crippen LogP contribution in [0.15, 0.2) is 41.3 Å². The van der Waals surface area contributed by atoms with Crippen molar-refractivity contribution in [3.05, 3.63) is 52.4 Å². The second-order valence-corrected chi connectivity index (χ2v) is 5.93. The average molecular weight is 327 g/mol. The van der Waals surface area contributed by atoms with Crippen LogP contribution < -0.4 is 21.5 Å². The number of piperazine rings is 1. The van der Waals surface area contributed by atoms with Crippen molar-refractivity contribution in [3.63, 3.8) is 0 Å². The highest BCUT2D eigenvalue weighted by molar-refractivity contribution is 6.07. The molecule has 24 heavy (non-hydrogen) atoms. The monoisotopic (exact) mass is 327 g/mol. The topological polar surface area (TPSA) is 94.5 Å². The third-order valence-electron chi connectivity index (χ3n) is 4.21. The minimum Gasteiger partial charge on any atom is -0.398 e. The molecule has 2 heterocycles. The summed E-state index contributed by atoms with van der Waals surface area (Å²) in [5.41, 5.74) is 7.06. The second-order valence-electron chi connectivity index (χ2n) is 5.93. The van der Waals surface area contributed by atoms with Crippen molar-refractivity contribution in [1.29, 1.82) is 0 Å². The number of likely N-dealkylation sites (N-methyl/N-ethyl adjacent to an activating group) is 1. The largest absolute Gasteiger partial charge is 0.398 e. The minimum absolute atomic E-state index is 0.0688. The molecule has 126 valence electrons. The second kappa shape index (κ2) is 6.76. The van der Waals surface area contributed by atoms with Gasteiger partial charge in [-0.15, -0.1) is 0 Å². The highest BCUT2D eigenvalue weighted by Gasteiger charge is 2.16. The summed E-state index contributed by atoms with van der Waals surface area (Å²) in [5, 5.41) is 2.71. The summed E-state index contributed by atoms with van der Waals surface area (Å²) in [4.78, 5) is 31.1. The molecule has 1 aliphatic rings. The quantitative estimate of drug-likeness (QED) is 0.781. The van der Waals surface area contributed by atoms with Crippen molar-refractivity contribution in [2.75, 3.05) is 49.2 Å². The first kappa shape index (κ1) is 16.1. The molecule has 0 spiro atoms. The van der Waals surface area contributed by atoms with Crippen LogP contribution in [0.1, 0.15) is 10.4 Å². The van der Waals surface area contributed by atoms with E-state index < -0.39 is 11.5 Å². The predicted molar refractivity (Wildman–Crippen MR) is 95.6 cm³/mol. The van der Waals surface area contributed by atoms with Gasteiger partial charge in [-0.25, -0.2) is 0 Å². The van der Waals surface area contributed by atoms with Gasteiger partial charge in [0.2, 0.25) is 0 Å². The molecule has 0 radical (unpaired) electrons. The van der Waals surface area contributed by atoms with Crippen LogP contribution in [-0.2, 0) is 0 Å². The number of carbonyl (C=O) groups is 1. The molecule has 1 fully saturated rings. The number of carbonyl (C=O) groups excluding carboxylic acids is 1. The van der Waals surface area contributed by atoms with E-state index in [-0.39, 0.29) is 11.3 Å². The number of amides is 1. The van der Waals surface area contributed by atoms with Crippen LogP contribution in [0.3, 0.4) is 0 Å². The molecule has 1 aromatic heterocycles. The van der Waals surface area contributed by atoms with E-state index in [4.69, 9.17) is 5.73 Å². The molecule has 0 bridgehead atoms. The molecule has 0 aliphatic carbocycles. The molecule has 1 saturated heterocycles. The Hall–Kier alpha value is -2.80. The number of anilines is 3. The highest BCUT2D eigenvalue weighted by atomic mass is 16.2. The SMILES string of the molecule is CN1CCN(c2ccc(NC(=O)c3c(N)cc[nH]c3=O)cc2)CC1. The van der Waals surface area contributed by atoms with Crippen LogP contribution in [0.2, 0.25) is 0 Å². The summed E-state index contributed by atoms with van der Waals surface area (Å²) in [6.45, 7) is 4.04. The van der Waals surface area contributed by atoms with Gasteiger partial charge in [0.1, 0.15) is 5.56 Å². The number of pyridine rings is 1. The highest BCUT2D eigenvalue weighted by Crippen LogP contribution is 2.20. The lowest BCUT2D eigenvalue weighted by molar-refractivity contribution is 0.102. The van der Waals surface area contributed by atoms with Crippen LogP contribution in [0.5, 0.6) is 0 Å². The van der Waals surface area contributed by atoms with E-state index in [1.165, 1.54) is 12.3 Å². The molecule has 2 aromatic rings. The number of aromatic nitrogens is 1. The van der Waals surface area contributed by atoms with Gasteiger partial charge in [0.25, 0.3) is 11.5 Å². The van der Waals surface area contributed by atoms with Gasteiger partial charge in [-0.3, -0.25) is 9.59 Å². The lowest BCUT2D eigenvalue weighted by atomic mass is 10.2. The zero-order valence-electron chi connectivity index (χ0n) is 13.6. The summed E-state index contributed by atoms with van der Waals surface area (Å²) in [7, 11) is 2.12. The zero-order chi connectivity index (χ0) is 17.1. The molecule has 0 unspecified atom stereocenters. The Bertz CT molecular complexity index is 776. The molecule has 7 nitrogen and oxygen atoms in total. The lowest BCUT2D eigenvalue weighted by Gasteiger charge is -2.34. The van der Waals surface area contributed by atoms with E-state index in [0.29, 0.717) is 5.69 Å². The third kappa shape index (κ3) is 3.41. The van der Waals surface area contributed by atoms with Gasteiger partial charge in [0.15, 0.2) is 0 Å². The fourth-order valence-corrected chi connectivity index (χ4v) is 2.74. The minimum atomic E-state index is -0.512. The predicted octanol–water partition coefficient (Wildman–Crippen LogP) is 0.961. The van der Waals surface area contributed by atoms with Crippen LogP contribution >= 0.6 is 0 Å². The standard InChI is InChI=1S/C17H21N5O2/c1-21-8-10-22(11-9-21)13-4-2-12(3-5-13)20-17(24)15-14(18)6-7-19-16(15)23/h2-7H,8-11H2,1H3,(H,20,24)(H3,18,19,23). The average Bonchev–Trinajstić information content (AvgIpc) is 2.56. The molecule has 1 aromatic carbocycles. The maximum Gasteiger partial charge on any atom is 0.263 e. The number of H-pyrrole nitrogens is 1. The Kier molecular flexibility index (Phi) is 4.52. The number of hydrogen-bond acceptors (Lipinski definition) is 5. The Morgan fingerprint density at radius 1 is 1.12 bits per heavy atom. The molecule has 1 aliphatic heterocycles. The molecular formula is C17H21N5O2. The van der Waals surface area contributed by atoms with Gasteiger partial charge in [0, 0.05) is 43.8 Å². The van der Waals surface area contributed by atoms with E-state index in [2.05, 4.69) is 27.1 Å². The number of nitrogens with one attached hydrogen (secondary N) is 2. The summed E-state index contributed by atoms with van der Waals surface area (Å²) >= 11 is 0. The molecule has 7 heteroatoms. The maximum absolute atomic E-state index is 12.3. The fourth-order valence-electron chi connectivity index (χ4n) is 2.74. The van der Waals surface area contributed by atoms with Crippen LogP contribution in [0.4, 0.5) is 17.1 Å². The number of hydrogen-bond donors (Lipinski definition) is 3. The molecule has 3 rings (SSSR count). The van der Waals surface area contributed by atoms with Crippen molar-refractivity contribution in [1.82, 2.24) is 9.88 Å². The fraction of sp³-hybridized carbons (Fsp3) is 0.294. The summed E-state index contributed by atoms with van der Waals surface area (Å²) in [6.07, 6.45) is 1.42. The Labute approximate surface area is 140 Å². The van der Waals surface area contributed by atoms with Crippen molar-refractivity contribution >= 4 is 23.0 Å². The van der Waals surface area contributed by atoms with Crippen LogP contribution in [0.25, 0.3) is 0 Å². The number of nitrogen functional groups attached to an aromatic ring is 1. The number of nitrogens with two attached hydrogens (primary N) is 1. The normalized spacial score (nSPS) is 15.3. The number of aromatic amines is 1. The van der Waals surface area contributed by atoms with Gasteiger partial charge in [-0.2, -0.15) is 0 Å². The van der Waals surface area contributed by atoms with Gasteiger partial charge >= 0.3 is 0 Å². The lowest BCUT2D eigenvalue weighted by Crippen LogP contribution is -2.44. The first-order valence-corrected chi connectivity index (χ1v) is 7.86. The van der Waals surface area contributed by atoms with Crippen molar-refractivity contribution in [2.45, 2.75) is 0 Å². The number of rotatable bonds is 3. The first-order valence-electron chi connectivity index (χ1n) is 7.86. The van der Waals surface area contributed by atoms with Gasteiger partial charge in [-0.1, -0.05) is 0 Å². The Balaban J connectivity index is 1.70. The molecular weight excluding hydrogens is 306 g/mol. The summed E-state index contributed by atoms with van der Waals surface area (Å²) in [5.74, 6) is -0.512.